The van der Waals surface area contributed by atoms with Crippen LogP contribution >= 0.6 is 23.1 Å². The number of hydrogen-bond acceptors (Lipinski definition) is 13. The number of fused-ring (bicyclic) bond motifs is 1. The molecule has 3 unspecified atom stereocenters. The van der Waals surface area contributed by atoms with Crippen LogP contribution in [0.5, 0.6) is 0 Å². The number of aromatic amines is 1. The Balaban J connectivity index is 1.75. The molecule has 1 fully saturated rings. The number of ether oxygens (including phenoxy) is 1. The number of aliphatic hydroxyl groups is 2. The van der Waals surface area contributed by atoms with Crippen molar-refractivity contribution in [1.29, 1.82) is 0 Å². The van der Waals surface area contributed by atoms with Gasteiger partial charge in [0.2, 0.25) is 5.95 Å². The van der Waals surface area contributed by atoms with Gasteiger partial charge in [0.1, 0.15) is 18.3 Å². The number of aliphatic hydroxyl groups excluding tert-OH is 2. The third-order valence-electron chi connectivity index (χ3n) is 4.32. The van der Waals surface area contributed by atoms with Gasteiger partial charge in [0.15, 0.2) is 17.4 Å². The second-order valence-electron chi connectivity index (χ2n) is 6.67. The molecule has 2 aromatic rings. The van der Waals surface area contributed by atoms with E-state index in [1.54, 1.807) is 0 Å². The van der Waals surface area contributed by atoms with E-state index in [2.05, 4.69) is 23.6 Å². The molecule has 0 spiro atoms. The van der Waals surface area contributed by atoms with Gasteiger partial charge in [-0.05, 0) is 0 Å². The molecular formula is C11H19BN5O13P3. The number of nitrogens with zero attached hydrogens (tertiary/aromatic N) is 3. The van der Waals surface area contributed by atoms with Crippen LogP contribution in [0.15, 0.2) is 11.1 Å². The smallest absolute Gasteiger partial charge is 0.387 e. The lowest BCUT2D eigenvalue weighted by Gasteiger charge is -2.22. The largest absolute Gasteiger partial charge is 0.487 e. The topological polar surface area (TPSA) is 279 Å². The van der Waals surface area contributed by atoms with Crippen molar-refractivity contribution in [1.82, 2.24) is 19.5 Å². The standard InChI is InChI=1S/C11H19BN5O13P3/c1-12-31(21,29-33(25,26)30-32(22,23)24)27-2-4-6(18)7(19)10(28-4)17-3-14-5-8(17)15-11(13)16-9(5)20/h3-4,6-7,10,12,18-19H,2H2,1H3,(H,25,26)(H2,22,23,24)(H3,13,15,16,20)/t4-,6?,7+,10-,31?/m1/s1. The molecule has 184 valence electrons. The number of imidazole rings is 1. The van der Waals surface area contributed by atoms with E-state index >= 15 is 0 Å². The minimum absolute atomic E-state index is 0.0626. The van der Waals surface area contributed by atoms with Crippen LogP contribution in [-0.4, -0.2) is 76.3 Å². The Bertz CT molecular complexity index is 1230. The molecule has 18 nitrogen and oxygen atoms in total. The number of aromatic nitrogens is 4. The molecule has 1 saturated heterocycles. The molecule has 1 aliphatic rings. The van der Waals surface area contributed by atoms with Crippen LogP contribution in [-0.2, 0) is 31.6 Å². The zero-order valence-corrected chi connectivity index (χ0v) is 19.2. The van der Waals surface area contributed by atoms with Gasteiger partial charge in [0.25, 0.3) is 20.0 Å². The van der Waals surface area contributed by atoms with Gasteiger partial charge in [-0.1, -0.05) is 6.82 Å². The SMILES string of the molecule is CBP(=O)(OC[C@H]1O[C@@H](n2cnc3c(=O)[nH]c(N)nc32)[C@@H](O)C1O)OP(=O)(O)OP(=O)(O)O. The molecule has 0 saturated carbocycles. The zero-order valence-electron chi connectivity index (χ0n) is 16.6. The second-order valence-corrected chi connectivity index (χ2v) is 12.0. The van der Waals surface area contributed by atoms with E-state index in [0.717, 1.165) is 10.9 Å². The Kier molecular flexibility index (Phi) is 7.37. The van der Waals surface area contributed by atoms with Gasteiger partial charge in [-0.15, -0.1) is 0 Å². The Morgan fingerprint density at radius 3 is 2.52 bits per heavy atom. The molecule has 0 radical (unpaired) electrons. The van der Waals surface area contributed by atoms with E-state index in [-0.39, 0.29) is 17.1 Å². The summed E-state index contributed by atoms with van der Waals surface area (Å²) in [6.07, 6.45) is -4.84. The number of phosphoric acid groups is 2. The summed E-state index contributed by atoms with van der Waals surface area (Å²) in [5, 5.41) is 20.7. The lowest BCUT2D eigenvalue weighted by atomic mass is 10.1. The van der Waals surface area contributed by atoms with Crippen molar-refractivity contribution in [2.75, 3.05) is 12.3 Å². The van der Waals surface area contributed by atoms with Crippen LogP contribution in [0.1, 0.15) is 6.23 Å². The summed E-state index contributed by atoms with van der Waals surface area (Å²) >= 11 is 0. The normalized spacial score (nSPS) is 27.3. The number of rotatable bonds is 9. The van der Waals surface area contributed by atoms with E-state index < -0.39 is 66.8 Å². The van der Waals surface area contributed by atoms with Gasteiger partial charge in [-0.2, -0.15) is 9.29 Å². The predicted octanol–water partition coefficient (Wildman–Crippen LogP) is -1.84. The van der Waals surface area contributed by atoms with Crippen molar-refractivity contribution >= 4 is 47.2 Å². The van der Waals surface area contributed by atoms with Crippen LogP contribution in [0.25, 0.3) is 11.2 Å². The zero-order chi connectivity index (χ0) is 24.8. The highest BCUT2D eigenvalue weighted by molar-refractivity contribution is 7.87. The van der Waals surface area contributed by atoms with Crippen LogP contribution in [0, 0.1) is 0 Å². The third kappa shape index (κ3) is 5.97. The second kappa shape index (κ2) is 9.30. The average molecular weight is 533 g/mol. The van der Waals surface area contributed by atoms with Gasteiger partial charge in [-0.3, -0.25) is 18.9 Å². The Labute approximate surface area is 184 Å². The highest BCUT2D eigenvalue weighted by Crippen LogP contribution is 2.67. The van der Waals surface area contributed by atoms with Gasteiger partial charge in [0, 0.05) is 0 Å². The van der Waals surface area contributed by atoms with Crippen molar-refractivity contribution in [3.8, 4) is 0 Å². The number of nitrogens with one attached hydrogen (secondary N) is 1. The molecular weight excluding hydrogens is 514 g/mol. The first kappa shape index (κ1) is 26.2. The summed E-state index contributed by atoms with van der Waals surface area (Å²) in [5.74, 6) is -0.242. The molecule has 0 bridgehead atoms. The lowest BCUT2D eigenvalue weighted by Crippen LogP contribution is -2.33. The molecule has 0 amide bonds. The molecule has 3 rings (SSSR count). The fraction of sp³-hybridized carbons (Fsp3) is 0.545. The summed E-state index contributed by atoms with van der Waals surface area (Å²) < 4.78 is 54.6. The van der Waals surface area contributed by atoms with Crippen molar-refractivity contribution in [3.05, 3.63) is 16.7 Å². The van der Waals surface area contributed by atoms with Crippen molar-refractivity contribution in [2.24, 2.45) is 0 Å². The molecule has 2 aromatic heterocycles. The molecule has 22 heteroatoms. The van der Waals surface area contributed by atoms with Crippen molar-refractivity contribution < 1.29 is 56.5 Å². The van der Waals surface area contributed by atoms with E-state index in [4.69, 9.17) is 24.8 Å². The van der Waals surface area contributed by atoms with Gasteiger partial charge < -0.3 is 39.9 Å². The minimum atomic E-state index is -5.50. The summed E-state index contributed by atoms with van der Waals surface area (Å²) in [7, 11) is -15.5. The number of anilines is 1. The van der Waals surface area contributed by atoms with Gasteiger partial charge >= 0.3 is 15.6 Å². The first-order valence-electron chi connectivity index (χ1n) is 8.93. The van der Waals surface area contributed by atoms with Crippen LogP contribution < -0.4 is 11.3 Å². The maximum atomic E-state index is 12.6. The summed E-state index contributed by atoms with van der Waals surface area (Å²) in [6, 6.07) is 0. The number of H-pyrrole nitrogens is 1. The number of hydrogen-bond donors (Lipinski definition) is 7. The lowest BCUT2D eigenvalue weighted by molar-refractivity contribution is -0.0479. The average Bonchev–Trinajstić information content (AvgIpc) is 3.20. The third-order valence-corrected chi connectivity index (χ3v) is 9.14. The highest BCUT2D eigenvalue weighted by Gasteiger charge is 2.46. The Hall–Kier alpha value is -1.46. The van der Waals surface area contributed by atoms with Crippen LogP contribution in [0.3, 0.4) is 0 Å². The fourth-order valence-corrected chi connectivity index (χ4v) is 6.82. The monoisotopic (exact) mass is 533 g/mol. The van der Waals surface area contributed by atoms with E-state index in [0.29, 0.717) is 0 Å². The van der Waals surface area contributed by atoms with Crippen molar-refractivity contribution in [3.63, 3.8) is 0 Å². The fourth-order valence-electron chi connectivity index (χ4n) is 2.89. The van der Waals surface area contributed by atoms with Crippen molar-refractivity contribution in [2.45, 2.75) is 31.4 Å². The minimum Gasteiger partial charge on any atom is -0.387 e. The Morgan fingerprint density at radius 2 is 1.91 bits per heavy atom. The number of nitrogen functional groups attached to an aromatic ring is 1. The first-order chi connectivity index (χ1) is 15.1. The Morgan fingerprint density at radius 1 is 1.24 bits per heavy atom. The molecule has 1 aliphatic heterocycles. The van der Waals surface area contributed by atoms with Gasteiger partial charge in [-0.25, -0.2) is 18.4 Å². The van der Waals surface area contributed by atoms with E-state index in [1.165, 1.54) is 6.82 Å². The summed E-state index contributed by atoms with van der Waals surface area (Å²) in [5.41, 5.74) is 4.67. The summed E-state index contributed by atoms with van der Waals surface area (Å²) in [6.45, 7) is -0.0688. The molecule has 8 N–H and O–H groups in total. The van der Waals surface area contributed by atoms with Crippen LogP contribution in [0.4, 0.5) is 5.95 Å². The maximum absolute atomic E-state index is 12.6. The summed E-state index contributed by atoms with van der Waals surface area (Å²) in [4.78, 5) is 48.6. The highest BCUT2D eigenvalue weighted by atomic mass is 31.3. The van der Waals surface area contributed by atoms with Crippen LogP contribution in [0.2, 0.25) is 6.82 Å². The van der Waals surface area contributed by atoms with Gasteiger partial charge in [0.05, 0.1) is 12.9 Å². The molecule has 3 heterocycles. The molecule has 6 atom stereocenters. The molecule has 0 aromatic carbocycles. The maximum Gasteiger partial charge on any atom is 0.487 e. The first-order valence-corrected chi connectivity index (χ1v) is 13.7. The quantitative estimate of drug-likeness (QED) is 0.138. The molecule has 33 heavy (non-hydrogen) atoms. The predicted molar refractivity (Wildman–Crippen MR) is 109 cm³/mol. The number of nitrogens with two attached hydrogens (primary N) is 1. The van der Waals surface area contributed by atoms with E-state index in [9.17, 15) is 33.6 Å². The molecule has 0 aliphatic carbocycles. The van der Waals surface area contributed by atoms with E-state index in [1.807, 2.05) is 0 Å².